The highest BCUT2D eigenvalue weighted by Crippen LogP contribution is 2.44. The fourth-order valence-electron chi connectivity index (χ4n) is 3.39. The largest absolute Gasteiger partial charge is 0.355 e. The van der Waals surface area contributed by atoms with Crippen LogP contribution in [0.15, 0.2) is 24.3 Å². The van der Waals surface area contributed by atoms with Crippen LogP contribution in [0.5, 0.6) is 0 Å². The van der Waals surface area contributed by atoms with Gasteiger partial charge >= 0.3 is 0 Å². The Bertz CT molecular complexity index is 667. The van der Waals surface area contributed by atoms with Gasteiger partial charge in [-0.25, -0.2) is 9.97 Å². The Morgan fingerprint density at radius 1 is 0.900 bits per heavy atom. The van der Waals surface area contributed by atoms with Gasteiger partial charge < -0.3 is 4.90 Å². The molecule has 1 aromatic heterocycles. The summed E-state index contributed by atoms with van der Waals surface area (Å²) in [4.78, 5) is 12.2. The molecule has 2 aromatic rings. The fourth-order valence-corrected chi connectivity index (χ4v) is 3.39. The van der Waals surface area contributed by atoms with E-state index < -0.39 is 0 Å². The maximum Gasteiger partial charge on any atom is 0.140 e. The van der Waals surface area contributed by atoms with Crippen molar-refractivity contribution < 1.29 is 0 Å². The lowest BCUT2D eigenvalue weighted by Crippen LogP contribution is -2.48. The second-order valence-corrected chi connectivity index (χ2v) is 6.70. The monoisotopic (exact) mass is 265 g/mol. The zero-order valence-electron chi connectivity index (χ0n) is 11.6. The van der Waals surface area contributed by atoms with E-state index in [1.165, 1.54) is 50.0 Å². The molecule has 102 valence electrons. The highest BCUT2D eigenvalue weighted by atomic mass is 15.3. The number of fused-ring (bicyclic) bond motifs is 1. The van der Waals surface area contributed by atoms with Crippen molar-refractivity contribution in [3.05, 3.63) is 30.1 Å². The van der Waals surface area contributed by atoms with Crippen LogP contribution in [0.25, 0.3) is 10.9 Å². The molecule has 3 heteroatoms. The van der Waals surface area contributed by atoms with Gasteiger partial charge in [0.05, 0.1) is 5.52 Å². The van der Waals surface area contributed by atoms with Gasteiger partial charge in [0.25, 0.3) is 0 Å². The Balaban J connectivity index is 1.55. The summed E-state index contributed by atoms with van der Waals surface area (Å²) >= 11 is 0. The maximum absolute atomic E-state index is 4.91. The highest BCUT2D eigenvalue weighted by molar-refractivity contribution is 5.89. The number of para-hydroxylation sites is 1. The number of benzene rings is 1. The lowest BCUT2D eigenvalue weighted by Gasteiger charge is -2.41. The van der Waals surface area contributed by atoms with Crippen molar-refractivity contribution in [2.24, 2.45) is 11.8 Å². The molecular formula is C17H19N3. The minimum atomic E-state index is 0.624. The predicted octanol–water partition coefficient (Wildman–Crippen LogP) is 3.35. The summed E-state index contributed by atoms with van der Waals surface area (Å²) in [6.45, 7) is 2.41. The summed E-state index contributed by atoms with van der Waals surface area (Å²) in [5.41, 5.74) is 1.12. The summed E-state index contributed by atoms with van der Waals surface area (Å²) in [6, 6.07) is 8.49. The number of hydrogen-bond acceptors (Lipinski definition) is 3. The molecule has 5 rings (SSSR count). The van der Waals surface area contributed by atoms with Crippen LogP contribution >= 0.6 is 0 Å². The first-order valence-corrected chi connectivity index (χ1v) is 7.90. The average Bonchev–Trinajstić information content (AvgIpc) is 3.28. The Morgan fingerprint density at radius 3 is 2.45 bits per heavy atom. The first-order chi connectivity index (χ1) is 9.88. The number of aromatic nitrogens is 2. The topological polar surface area (TPSA) is 29.0 Å². The second kappa shape index (κ2) is 3.94. The number of hydrogen-bond donors (Lipinski definition) is 0. The summed E-state index contributed by atoms with van der Waals surface area (Å²) < 4.78 is 0. The molecule has 2 heterocycles. The van der Waals surface area contributed by atoms with Gasteiger partial charge in [-0.15, -0.1) is 0 Å². The first kappa shape index (κ1) is 11.1. The molecule has 0 unspecified atom stereocenters. The molecule has 3 nitrogen and oxygen atoms in total. The second-order valence-electron chi connectivity index (χ2n) is 6.70. The third-order valence-electron chi connectivity index (χ3n) is 5.04. The van der Waals surface area contributed by atoms with Gasteiger partial charge in [-0.2, -0.15) is 0 Å². The molecule has 2 aliphatic carbocycles. The molecule has 20 heavy (non-hydrogen) atoms. The lowest BCUT2D eigenvalue weighted by molar-refractivity contribution is 0.362. The number of nitrogens with zero attached hydrogens (tertiary/aromatic N) is 3. The lowest BCUT2D eigenvalue weighted by atomic mass is 9.94. The molecule has 1 aliphatic heterocycles. The summed E-state index contributed by atoms with van der Waals surface area (Å²) in [5, 5.41) is 1.23. The van der Waals surface area contributed by atoms with Gasteiger partial charge in [-0.1, -0.05) is 12.1 Å². The minimum absolute atomic E-state index is 0.624. The highest BCUT2D eigenvalue weighted by Gasteiger charge is 2.40. The van der Waals surface area contributed by atoms with Gasteiger partial charge in [0.1, 0.15) is 11.6 Å². The maximum atomic E-state index is 4.91. The Kier molecular flexibility index (Phi) is 2.18. The van der Waals surface area contributed by atoms with E-state index in [0.29, 0.717) is 5.92 Å². The Labute approximate surface area is 119 Å². The van der Waals surface area contributed by atoms with Crippen molar-refractivity contribution in [3.63, 3.8) is 0 Å². The smallest absolute Gasteiger partial charge is 0.140 e. The quantitative estimate of drug-likeness (QED) is 0.852. The molecule has 1 aromatic carbocycles. The molecule has 0 radical (unpaired) electrons. The van der Waals surface area contributed by atoms with E-state index in [-0.39, 0.29) is 0 Å². The molecule has 3 fully saturated rings. The SMILES string of the molecule is c1ccc2c(N3CC(C4CC4)C3)nc(C3CC3)nc2c1. The van der Waals surface area contributed by atoms with E-state index in [2.05, 4.69) is 29.2 Å². The van der Waals surface area contributed by atoms with E-state index in [1.807, 2.05) is 0 Å². The van der Waals surface area contributed by atoms with Crippen molar-refractivity contribution in [1.82, 2.24) is 9.97 Å². The van der Waals surface area contributed by atoms with Crippen LogP contribution < -0.4 is 4.90 Å². The van der Waals surface area contributed by atoms with Gasteiger partial charge in [-0.3, -0.25) is 0 Å². The first-order valence-electron chi connectivity index (χ1n) is 7.90. The summed E-state index contributed by atoms with van der Waals surface area (Å²) in [5.74, 6) is 4.83. The fraction of sp³-hybridized carbons (Fsp3) is 0.529. The molecule has 3 aliphatic rings. The summed E-state index contributed by atoms with van der Waals surface area (Å²) in [6.07, 6.45) is 5.44. The van der Waals surface area contributed by atoms with Crippen molar-refractivity contribution in [3.8, 4) is 0 Å². The third-order valence-corrected chi connectivity index (χ3v) is 5.04. The van der Waals surface area contributed by atoms with Crippen LogP contribution in [0.3, 0.4) is 0 Å². The molecule has 0 N–H and O–H groups in total. The van der Waals surface area contributed by atoms with Crippen LogP contribution in [0, 0.1) is 11.8 Å². The van der Waals surface area contributed by atoms with Crippen molar-refractivity contribution in [2.75, 3.05) is 18.0 Å². The number of rotatable bonds is 3. The van der Waals surface area contributed by atoms with E-state index >= 15 is 0 Å². The van der Waals surface area contributed by atoms with E-state index in [4.69, 9.17) is 9.97 Å². The van der Waals surface area contributed by atoms with Crippen LogP contribution in [-0.2, 0) is 0 Å². The Morgan fingerprint density at radius 2 is 1.70 bits per heavy atom. The third kappa shape index (κ3) is 1.72. The molecular weight excluding hydrogens is 246 g/mol. The zero-order valence-corrected chi connectivity index (χ0v) is 11.6. The zero-order chi connectivity index (χ0) is 13.1. The van der Waals surface area contributed by atoms with Gasteiger partial charge in [0, 0.05) is 24.4 Å². The van der Waals surface area contributed by atoms with Gasteiger partial charge in [0.2, 0.25) is 0 Å². The molecule has 2 saturated carbocycles. The van der Waals surface area contributed by atoms with Crippen LogP contribution in [0.2, 0.25) is 0 Å². The standard InChI is InChI=1S/C17H19N3/c1-2-4-15-14(3-1)17(19-16(18-15)12-7-8-12)20-9-13(10-20)11-5-6-11/h1-4,11-13H,5-10H2. The summed E-state index contributed by atoms with van der Waals surface area (Å²) in [7, 11) is 0. The molecule has 1 saturated heterocycles. The predicted molar refractivity (Wildman–Crippen MR) is 79.9 cm³/mol. The van der Waals surface area contributed by atoms with E-state index in [9.17, 15) is 0 Å². The van der Waals surface area contributed by atoms with E-state index in [0.717, 1.165) is 23.2 Å². The van der Waals surface area contributed by atoms with Crippen molar-refractivity contribution in [1.29, 1.82) is 0 Å². The van der Waals surface area contributed by atoms with Crippen molar-refractivity contribution in [2.45, 2.75) is 31.6 Å². The molecule has 0 atom stereocenters. The number of anilines is 1. The average molecular weight is 265 g/mol. The van der Waals surface area contributed by atoms with Crippen LogP contribution in [0.4, 0.5) is 5.82 Å². The molecule has 0 bridgehead atoms. The van der Waals surface area contributed by atoms with Crippen molar-refractivity contribution >= 4 is 16.7 Å². The van der Waals surface area contributed by atoms with E-state index in [1.54, 1.807) is 0 Å². The van der Waals surface area contributed by atoms with Gasteiger partial charge in [-0.05, 0) is 49.7 Å². The minimum Gasteiger partial charge on any atom is -0.355 e. The van der Waals surface area contributed by atoms with Crippen LogP contribution in [-0.4, -0.2) is 23.1 Å². The molecule has 0 spiro atoms. The van der Waals surface area contributed by atoms with Crippen LogP contribution in [0.1, 0.15) is 37.4 Å². The Hall–Kier alpha value is -1.64. The van der Waals surface area contributed by atoms with Gasteiger partial charge in [0.15, 0.2) is 0 Å². The normalized spacial score (nSPS) is 23.1. The molecule has 0 amide bonds.